The zero-order valence-corrected chi connectivity index (χ0v) is 13.8. The zero-order chi connectivity index (χ0) is 16.2. The van der Waals surface area contributed by atoms with Crippen LogP contribution in [0.2, 0.25) is 0 Å². The van der Waals surface area contributed by atoms with Gasteiger partial charge in [0.2, 0.25) is 0 Å². The van der Waals surface area contributed by atoms with Gasteiger partial charge >= 0.3 is 0 Å². The lowest BCUT2D eigenvalue weighted by Gasteiger charge is -2.26. The van der Waals surface area contributed by atoms with Gasteiger partial charge in [0.25, 0.3) is 5.91 Å². The Kier molecular flexibility index (Phi) is 4.77. The standard InChI is InChI=1S/C20H23NO2/c1-15(2)18-4-3-5-19(14-18)16-6-8-17(9-7-16)20(22)21-10-12-23-13-11-21/h3-9,14-15H,10-13H2,1-2H3. The Morgan fingerprint density at radius 2 is 1.70 bits per heavy atom. The quantitative estimate of drug-likeness (QED) is 0.859. The molecule has 0 aliphatic carbocycles. The van der Waals surface area contributed by atoms with Crippen molar-refractivity contribution >= 4 is 5.91 Å². The molecule has 1 amide bonds. The highest BCUT2D eigenvalue weighted by molar-refractivity contribution is 5.94. The summed E-state index contributed by atoms with van der Waals surface area (Å²) >= 11 is 0. The van der Waals surface area contributed by atoms with Gasteiger partial charge < -0.3 is 9.64 Å². The van der Waals surface area contributed by atoms with Gasteiger partial charge in [-0.3, -0.25) is 4.79 Å². The van der Waals surface area contributed by atoms with E-state index in [-0.39, 0.29) is 5.91 Å². The van der Waals surface area contributed by atoms with Crippen molar-refractivity contribution in [3.63, 3.8) is 0 Å². The first-order valence-electron chi connectivity index (χ1n) is 8.22. The number of carbonyl (C=O) groups is 1. The van der Waals surface area contributed by atoms with Gasteiger partial charge in [-0.2, -0.15) is 0 Å². The molecule has 1 fully saturated rings. The zero-order valence-electron chi connectivity index (χ0n) is 13.8. The Morgan fingerprint density at radius 1 is 1.00 bits per heavy atom. The van der Waals surface area contributed by atoms with Crippen LogP contribution in [0.25, 0.3) is 11.1 Å². The molecule has 1 heterocycles. The minimum absolute atomic E-state index is 0.0933. The van der Waals surface area contributed by atoms with Crippen LogP contribution in [0.15, 0.2) is 48.5 Å². The van der Waals surface area contributed by atoms with E-state index in [0.29, 0.717) is 32.2 Å². The van der Waals surface area contributed by atoms with Crippen LogP contribution in [-0.4, -0.2) is 37.1 Å². The third-order valence-corrected chi connectivity index (χ3v) is 4.32. The van der Waals surface area contributed by atoms with Crippen LogP contribution in [-0.2, 0) is 4.74 Å². The van der Waals surface area contributed by atoms with E-state index >= 15 is 0 Å². The molecule has 3 rings (SSSR count). The molecule has 0 spiro atoms. The Morgan fingerprint density at radius 3 is 2.35 bits per heavy atom. The lowest BCUT2D eigenvalue weighted by atomic mass is 9.97. The first-order valence-corrected chi connectivity index (χ1v) is 8.22. The minimum atomic E-state index is 0.0933. The molecule has 120 valence electrons. The van der Waals surface area contributed by atoms with E-state index in [1.807, 2.05) is 29.2 Å². The number of benzene rings is 2. The van der Waals surface area contributed by atoms with Gasteiger partial charge in [-0.05, 0) is 34.7 Å². The third kappa shape index (κ3) is 3.62. The molecule has 1 saturated heterocycles. The number of hydrogen-bond acceptors (Lipinski definition) is 2. The van der Waals surface area contributed by atoms with Crippen LogP contribution in [0, 0.1) is 0 Å². The van der Waals surface area contributed by atoms with Crippen molar-refractivity contribution in [2.45, 2.75) is 19.8 Å². The molecule has 0 radical (unpaired) electrons. The van der Waals surface area contributed by atoms with Gasteiger partial charge in [-0.25, -0.2) is 0 Å². The van der Waals surface area contributed by atoms with E-state index in [1.165, 1.54) is 11.1 Å². The number of hydrogen-bond donors (Lipinski definition) is 0. The fraction of sp³-hybridized carbons (Fsp3) is 0.350. The maximum Gasteiger partial charge on any atom is 0.254 e. The Labute approximate surface area is 137 Å². The lowest BCUT2D eigenvalue weighted by Crippen LogP contribution is -2.40. The SMILES string of the molecule is CC(C)c1cccc(-c2ccc(C(=O)N3CCOCC3)cc2)c1. The number of amides is 1. The summed E-state index contributed by atoms with van der Waals surface area (Å²) in [7, 11) is 0. The molecule has 2 aromatic carbocycles. The molecule has 0 bridgehead atoms. The number of morpholine rings is 1. The van der Waals surface area contributed by atoms with Crippen molar-refractivity contribution in [1.29, 1.82) is 0 Å². The Bertz CT molecular complexity index is 670. The maximum absolute atomic E-state index is 12.5. The Balaban J connectivity index is 1.79. The number of rotatable bonds is 3. The highest BCUT2D eigenvalue weighted by atomic mass is 16.5. The fourth-order valence-corrected chi connectivity index (χ4v) is 2.83. The Hall–Kier alpha value is -2.13. The summed E-state index contributed by atoms with van der Waals surface area (Å²) < 4.78 is 5.30. The molecule has 1 aliphatic heterocycles. The van der Waals surface area contributed by atoms with Crippen LogP contribution in [0.4, 0.5) is 0 Å². The summed E-state index contributed by atoms with van der Waals surface area (Å²) in [6.07, 6.45) is 0. The van der Waals surface area contributed by atoms with Gasteiger partial charge in [0.1, 0.15) is 0 Å². The number of nitrogens with zero attached hydrogens (tertiary/aromatic N) is 1. The minimum Gasteiger partial charge on any atom is -0.378 e. The summed E-state index contributed by atoms with van der Waals surface area (Å²) in [6.45, 7) is 7.01. The lowest BCUT2D eigenvalue weighted by molar-refractivity contribution is 0.0303. The molecule has 1 aliphatic rings. The van der Waals surface area contributed by atoms with E-state index in [1.54, 1.807) is 0 Å². The number of carbonyl (C=O) groups excluding carboxylic acids is 1. The van der Waals surface area contributed by atoms with E-state index < -0.39 is 0 Å². The van der Waals surface area contributed by atoms with E-state index in [9.17, 15) is 4.79 Å². The molecule has 23 heavy (non-hydrogen) atoms. The molecule has 3 nitrogen and oxygen atoms in total. The molecule has 3 heteroatoms. The topological polar surface area (TPSA) is 29.5 Å². The van der Waals surface area contributed by atoms with E-state index in [0.717, 1.165) is 11.1 Å². The predicted molar refractivity (Wildman–Crippen MR) is 92.7 cm³/mol. The van der Waals surface area contributed by atoms with Gasteiger partial charge in [0.05, 0.1) is 13.2 Å². The predicted octanol–water partition coefficient (Wildman–Crippen LogP) is 3.95. The van der Waals surface area contributed by atoms with Crippen molar-refractivity contribution in [2.24, 2.45) is 0 Å². The largest absolute Gasteiger partial charge is 0.378 e. The smallest absolute Gasteiger partial charge is 0.254 e. The first kappa shape index (κ1) is 15.8. The monoisotopic (exact) mass is 309 g/mol. The van der Waals surface area contributed by atoms with Crippen LogP contribution in [0.5, 0.6) is 0 Å². The average molecular weight is 309 g/mol. The third-order valence-electron chi connectivity index (χ3n) is 4.32. The van der Waals surface area contributed by atoms with E-state index in [2.05, 4.69) is 38.1 Å². The summed E-state index contributed by atoms with van der Waals surface area (Å²) in [5, 5.41) is 0. The highest BCUT2D eigenvalue weighted by Crippen LogP contribution is 2.24. The molecule has 0 unspecified atom stereocenters. The van der Waals surface area contributed by atoms with Gasteiger partial charge in [0, 0.05) is 18.7 Å². The van der Waals surface area contributed by atoms with Gasteiger partial charge in [-0.15, -0.1) is 0 Å². The van der Waals surface area contributed by atoms with Gasteiger partial charge in [0.15, 0.2) is 0 Å². The molecule has 2 aromatic rings. The molecule has 0 N–H and O–H groups in total. The van der Waals surface area contributed by atoms with Crippen LogP contribution in [0.3, 0.4) is 0 Å². The van der Waals surface area contributed by atoms with Crippen molar-refractivity contribution in [3.8, 4) is 11.1 Å². The van der Waals surface area contributed by atoms with Gasteiger partial charge in [-0.1, -0.05) is 50.2 Å². The van der Waals surface area contributed by atoms with Crippen molar-refractivity contribution < 1.29 is 9.53 Å². The summed E-state index contributed by atoms with van der Waals surface area (Å²) in [4.78, 5) is 14.3. The molecule has 0 saturated carbocycles. The van der Waals surface area contributed by atoms with Crippen LogP contribution in [0.1, 0.15) is 35.7 Å². The van der Waals surface area contributed by atoms with Crippen molar-refractivity contribution in [1.82, 2.24) is 4.90 Å². The molecule has 0 atom stereocenters. The fourth-order valence-electron chi connectivity index (χ4n) is 2.83. The summed E-state index contributed by atoms with van der Waals surface area (Å²) in [5.74, 6) is 0.605. The highest BCUT2D eigenvalue weighted by Gasteiger charge is 2.18. The maximum atomic E-state index is 12.5. The van der Waals surface area contributed by atoms with Crippen molar-refractivity contribution in [3.05, 3.63) is 59.7 Å². The van der Waals surface area contributed by atoms with Crippen molar-refractivity contribution in [2.75, 3.05) is 26.3 Å². The van der Waals surface area contributed by atoms with Crippen LogP contribution < -0.4 is 0 Å². The second kappa shape index (κ2) is 6.97. The molecular weight excluding hydrogens is 286 g/mol. The average Bonchev–Trinajstić information content (AvgIpc) is 2.62. The summed E-state index contributed by atoms with van der Waals surface area (Å²) in [6, 6.07) is 16.5. The first-order chi connectivity index (χ1) is 11.1. The normalized spacial score (nSPS) is 15.0. The molecular formula is C20H23NO2. The van der Waals surface area contributed by atoms with Crippen LogP contribution >= 0.6 is 0 Å². The molecule has 0 aromatic heterocycles. The van der Waals surface area contributed by atoms with E-state index in [4.69, 9.17) is 4.74 Å². The summed E-state index contributed by atoms with van der Waals surface area (Å²) in [5.41, 5.74) is 4.42. The second-order valence-corrected chi connectivity index (χ2v) is 6.26. The number of ether oxygens (including phenoxy) is 1. The second-order valence-electron chi connectivity index (χ2n) is 6.26.